The van der Waals surface area contributed by atoms with Crippen LogP contribution < -0.4 is 10.0 Å². The Morgan fingerprint density at radius 1 is 1.03 bits per heavy atom. The predicted molar refractivity (Wildman–Crippen MR) is 119 cm³/mol. The van der Waals surface area contributed by atoms with Crippen molar-refractivity contribution in [3.63, 3.8) is 0 Å². The number of benzene rings is 2. The summed E-state index contributed by atoms with van der Waals surface area (Å²) in [5.41, 5.74) is 6.96. The quantitative estimate of drug-likeness (QED) is 0.687. The van der Waals surface area contributed by atoms with Crippen LogP contribution in [0.25, 0.3) is 11.3 Å². The van der Waals surface area contributed by atoms with Crippen LogP contribution >= 0.6 is 0 Å². The number of aryl methyl sites for hydroxylation is 1. The highest BCUT2D eigenvalue weighted by molar-refractivity contribution is 7.89. The van der Waals surface area contributed by atoms with Gasteiger partial charge in [0.2, 0.25) is 15.9 Å². The van der Waals surface area contributed by atoms with Crippen LogP contribution in [0, 0.1) is 12.8 Å². The second-order valence-corrected chi connectivity index (χ2v) is 9.89. The van der Waals surface area contributed by atoms with Crippen LogP contribution in [0.5, 0.6) is 0 Å². The summed E-state index contributed by atoms with van der Waals surface area (Å²) in [7, 11) is -3.81. The van der Waals surface area contributed by atoms with Gasteiger partial charge in [0.1, 0.15) is 0 Å². The molecule has 0 saturated carbocycles. The van der Waals surface area contributed by atoms with E-state index in [1.54, 1.807) is 11.0 Å². The molecule has 3 aromatic rings. The first-order valence-electron chi connectivity index (χ1n) is 10.3. The first-order valence-corrected chi connectivity index (χ1v) is 11.9. The van der Waals surface area contributed by atoms with E-state index in [0.29, 0.717) is 25.1 Å². The second-order valence-electron chi connectivity index (χ2n) is 8.33. The molecule has 0 bridgehead atoms. The molecule has 6 nitrogen and oxygen atoms in total. The lowest BCUT2D eigenvalue weighted by atomic mass is 10.0. The van der Waals surface area contributed by atoms with Gasteiger partial charge in [-0.2, -0.15) is 0 Å². The number of hydrogen-bond donors (Lipinski definition) is 1. The summed E-state index contributed by atoms with van der Waals surface area (Å²) in [5, 5.41) is 5.29. The second kappa shape index (κ2) is 7.28. The lowest BCUT2D eigenvalue weighted by Gasteiger charge is -2.21. The Bertz CT molecular complexity index is 1320. The van der Waals surface area contributed by atoms with Crippen LogP contribution in [-0.2, 0) is 34.1 Å². The molecule has 2 aromatic carbocycles. The van der Waals surface area contributed by atoms with Gasteiger partial charge in [0.25, 0.3) is 0 Å². The van der Waals surface area contributed by atoms with Gasteiger partial charge in [-0.15, -0.1) is 0 Å². The summed E-state index contributed by atoms with van der Waals surface area (Å²) >= 11 is 0. The molecule has 0 radical (unpaired) electrons. The third kappa shape index (κ3) is 3.64. The minimum absolute atomic E-state index is 0.0379. The van der Waals surface area contributed by atoms with Gasteiger partial charge in [-0.25, -0.2) is 13.6 Å². The summed E-state index contributed by atoms with van der Waals surface area (Å²) in [6.45, 7) is 2.54. The Balaban J connectivity index is 1.40. The average Bonchev–Trinajstić information content (AvgIpc) is 3.35. The van der Waals surface area contributed by atoms with Crippen molar-refractivity contribution in [2.24, 2.45) is 11.1 Å². The van der Waals surface area contributed by atoms with Gasteiger partial charge < -0.3 is 4.90 Å². The highest BCUT2D eigenvalue weighted by Gasteiger charge is 2.34. The molecule has 1 atom stereocenters. The molecule has 0 unspecified atom stereocenters. The Labute approximate surface area is 181 Å². The van der Waals surface area contributed by atoms with Crippen molar-refractivity contribution in [1.29, 1.82) is 0 Å². The molecule has 1 amide bonds. The van der Waals surface area contributed by atoms with Crippen molar-refractivity contribution < 1.29 is 13.2 Å². The summed E-state index contributed by atoms with van der Waals surface area (Å²) in [5.74, 6) is -0.114. The van der Waals surface area contributed by atoms with Crippen LogP contribution in [0.2, 0.25) is 0 Å². The Morgan fingerprint density at radius 3 is 2.58 bits per heavy atom. The highest BCUT2D eigenvalue weighted by Crippen LogP contribution is 2.36. The van der Waals surface area contributed by atoms with Crippen molar-refractivity contribution in [1.82, 2.24) is 4.98 Å². The minimum Gasteiger partial charge on any atom is -0.312 e. The molecule has 0 fully saturated rings. The van der Waals surface area contributed by atoms with Crippen LogP contribution in [0.3, 0.4) is 0 Å². The van der Waals surface area contributed by atoms with E-state index in [4.69, 9.17) is 5.14 Å². The number of rotatable bonds is 3. The van der Waals surface area contributed by atoms with Crippen LogP contribution in [0.4, 0.5) is 5.69 Å². The maximum absolute atomic E-state index is 13.4. The number of anilines is 1. The largest absolute Gasteiger partial charge is 0.312 e. The average molecular weight is 434 g/mol. The number of carbonyl (C=O) groups excluding carboxylic acids is 1. The molecule has 31 heavy (non-hydrogen) atoms. The van der Waals surface area contributed by atoms with Crippen molar-refractivity contribution >= 4 is 21.6 Å². The Hall–Kier alpha value is -3.03. The number of aromatic nitrogens is 1. The van der Waals surface area contributed by atoms with Gasteiger partial charge in [-0.1, -0.05) is 24.3 Å². The molecule has 2 aliphatic rings. The fourth-order valence-electron chi connectivity index (χ4n) is 4.64. The van der Waals surface area contributed by atoms with E-state index in [1.165, 1.54) is 23.3 Å². The molecule has 2 heterocycles. The molecule has 5 rings (SSSR count). The Kier molecular flexibility index (Phi) is 4.68. The number of fused-ring (bicyclic) bond motifs is 2. The Morgan fingerprint density at radius 2 is 1.81 bits per heavy atom. The summed E-state index contributed by atoms with van der Waals surface area (Å²) in [6.07, 6.45) is 2.08. The maximum atomic E-state index is 13.4. The zero-order chi connectivity index (χ0) is 21.8. The van der Waals surface area contributed by atoms with E-state index in [9.17, 15) is 13.2 Å². The van der Waals surface area contributed by atoms with E-state index in [-0.39, 0.29) is 16.7 Å². The van der Waals surface area contributed by atoms with Gasteiger partial charge in [0, 0.05) is 29.4 Å². The molecular formula is C24H23N3O3S. The van der Waals surface area contributed by atoms with E-state index in [1.807, 2.05) is 25.1 Å². The fourth-order valence-corrected chi connectivity index (χ4v) is 5.17. The van der Waals surface area contributed by atoms with Gasteiger partial charge in [-0.3, -0.25) is 9.78 Å². The predicted octanol–water partition coefficient (Wildman–Crippen LogP) is 3.01. The first-order chi connectivity index (χ1) is 14.8. The lowest BCUT2D eigenvalue weighted by Crippen LogP contribution is -2.35. The molecule has 2 N–H and O–H groups in total. The lowest BCUT2D eigenvalue weighted by molar-refractivity contribution is -0.122. The van der Waals surface area contributed by atoms with E-state index in [2.05, 4.69) is 23.2 Å². The number of pyridine rings is 1. The van der Waals surface area contributed by atoms with Crippen LogP contribution in [-0.4, -0.2) is 25.9 Å². The molecular weight excluding hydrogens is 410 g/mol. The van der Waals surface area contributed by atoms with E-state index < -0.39 is 10.0 Å². The monoisotopic (exact) mass is 433 g/mol. The van der Waals surface area contributed by atoms with E-state index >= 15 is 0 Å². The van der Waals surface area contributed by atoms with Crippen molar-refractivity contribution in [3.05, 3.63) is 77.0 Å². The zero-order valence-electron chi connectivity index (χ0n) is 17.2. The van der Waals surface area contributed by atoms with Gasteiger partial charge in [-0.05, 0) is 73.2 Å². The number of primary sulfonamides is 1. The molecule has 0 spiro atoms. The third-order valence-electron chi connectivity index (χ3n) is 6.22. The molecule has 7 heteroatoms. The molecule has 1 aliphatic carbocycles. The number of amides is 1. The number of carbonyl (C=O) groups is 1. The van der Waals surface area contributed by atoms with E-state index in [0.717, 1.165) is 28.9 Å². The smallest absolute Gasteiger partial charge is 0.238 e. The maximum Gasteiger partial charge on any atom is 0.238 e. The summed E-state index contributed by atoms with van der Waals surface area (Å²) in [6, 6.07) is 17.1. The summed E-state index contributed by atoms with van der Waals surface area (Å²) < 4.78 is 23.5. The van der Waals surface area contributed by atoms with Crippen molar-refractivity contribution in [3.8, 4) is 11.3 Å². The van der Waals surface area contributed by atoms with Gasteiger partial charge in [0.15, 0.2) is 0 Å². The standard InChI is InChI=1S/C24H23N3O3S/c1-15-3-2-4-22(26-15)18-6-5-17-11-20(13-19(17)12-18)24(28)27-10-9-16-7-8-21(14-23(16)27)31(25,29)30/h2-8,12,14,20H,9-11,13H2,1H3,(H2,25,29,30)/t20-/m1/s1. The highest BCUT2D eigenvalue weighted by atomic mass is 32.2. The zero-order valence-corrected chi connectivity index (χ0v) is 18.0. The molecule has 1 aliphatic heterocycles. The molecule has 158 valence electrons. The number of nitrogens with two attached hydrogens (primary N) is 1. The number of hydrogen-bond acceptors (Lipinski definition) is 4. The van der Waals surface area contributed by atoms with Gasteiger partial charge >= 0.3 is 0 Å². The van der Waals surface area contributed by atoms with Crippen molar-refractivity contribution in [2.75, 3.05) is 11.4 Å². The van der Waals surface area contributed by atoms with Gasteiger partial charge in [0.05, 0.1) is 10.6 Å². The normalized spacial score (nSPS) is 17.5. The minimum atomic E-state index is -3.81. The SMILES string of the molecule is Cc1cccc(-c2ccc3c(c2)C[C@H](C(=O)N2CCc4ccc(S(N)(=O)=O)cc42)C3)n1. The first kappa shape index (κ1) is 19.9. The number of sulfonamides is 1. The topological polar surface area (TPSA) is 93.4 Å². The molecule has 0 saturated heterocycles. The summed E-state index contributed by atoms with van der Waals surface area (Å²) in [4.78, 5) is 19.7. The fraction of sp³-hybridized carbons (Fsp3) is 0.250. The van der Waals surface area contributed by atoms with Crippen molar-refractivity contribution in [2.45, 2.75) is 31.1 Å². The van der Waals surface area contributed by atoms with Crippen LogP contribution in [0.15, 0.2) is 59.5 Å². The third-order valence-corrected chi connectivity index (χ3v) is 7.13. The van der Waals surface area contributed by atoms with Crippen LogP contribution in [0.1, 0.15) is 22.4 Å². The molecule has 1 aromatic heterocycles. The number of nitrogens with zero attached hydrogens (tertiary/aromatic N) is 2.